The summed E-state index contributed by atoms with van der Waals surface area (Å²) in [5.41, 5.74) is 2.21. The Balaban J connectivity index is 1.90. The van der Waals surface area contributed by atoms with Gasteiger partial charge in [0.1, 0.15) is 12.7 Å². The molecule has 0 amide bonds. The molecule has 1 heterocycles. The number of methoxy groups -OCH3 is 1. The maximum Gasteiger partial charge on any atom is 0.137 e. The average molecular weight is 288 g/mol. The van der Waals surface area contributed by atoms with Crippen LogP contribution in [0.2, 0.25) is 0 Å². The number of nitrogens with one attached hydrogen (secondary N) is 1. The summed E-state index contributed by atoms with van der Waals surface area (Å²) in [7, 11) is 1.76. The van der Waals surface area contributed by atoms with Gasteiger partial charge in [0.15, 0.2) is 0 Å². The van der Waals surface area contributed by atoms with Crippen molar-refractivity contribution in [2.45, 2.75) is 45.4 Å². The van der Waals surface area contributed by atoms with Crippen LogP contribution in [0.1, 0.15) is 32.8 Å². The first-order valence-electron chi connectivity index (χ1n) is 7.21. The van der Waals surface area contributed by atoms with Gasteiger partial charge in [0.2, 0.25) is 0 Å². The van der Waals surface area contributed by atoms with Crippen molar-refractivity contribution in [2.75, 3.05) is 12.4 Å². The van der Waals surface area contributed by atoms with E-state index in [2.05, 4.69) is 60.4 Å². The fourth-order valence-electron chi connectivity index (χ4n) is 2.36. The van der Waals surface area contributed by atoms with Crippen molar-refractivity contribution in [3.05, 3.63) is 42.5 Å². The van der Waals surface area contributed by atoms with Crippen LogP contribution in [-0.2, 0) is 11.3 Å². The minimum Gasteiger partial charge on any atom is -0.382 e. The van der Waals surface area contributed by atoms with E-state index in [0.717, 1.165) is 18.7 Å². The van der Waals surface area contributed by atoms with Gasteiger partial charge in [-0.05, 0) is 44.9 Å². The van der Waals surface area contributed by atoms with Crippen LogP contribution in [-0.4, -0.2) is 33.5 Å². The Kier molecular flexibility index (Phi) is 4.96. The molecule has 5 nitrogen and oxygen atoms in total. The Bertz CT molecular complexity index is 534. The third-order valence-corrected chi connectivity index (χ3v) is 3.53. The normalized spacial score (nSPS) is 13.1. The molecule has 0 saturated heterocycles. The Morgan fingerprint density at radius 1 is 1.29 bits per heavy atom. The SMILES string of the molecule is COC(C)(C)CC(C)Nc1ccc(Cn2cncn2)cc1. The van der Waals surface area contributed by atoms with Crippen LogP contribution in [0.25, 0.3) is 0 Å². The minimum atomic E-state index is -0.112. The highest BCUT2D eigenvalue weighted by Crippen LogP contribution is 2.19. The van der Waals surface area contributed by atoms with Crippen LogP contribution in [0, 0.1) is 0 Å². The molecular formula is C16H24N4O. The van der Waals surface area contributed by atoms with Gasteiger partial charge in [-0.15, -0.1) is 0 Å². The van der Waals surface area contributed by atoms with Crippen LogP contribution in [0.4, 0.5) is 5.69 Å². The zero-order valence-electron chi connectivity index (χ0n) is 13.2. The van der Waals surface area contributed by atoms with E-state index in [-0.39, 0.29) is 5.60 Å². The number of benzene rings is 1. The van der Waals surface area contributed by atoms with Gasteiger partial charge in [0, 0.05) is 18.8 Å². The molecule has 1 N–H and O–H groups in total. The second kappa shape index (κ2) is 6.72. The summed E-state index contributed by atoms with van der Waals surface area (Å²) in [4.78, 5) is 3.95. The first-order valence-corrected chi connectivity index (χ1v) is 7.21. The number of hydrogen-bond donors (Lipinski definition) is 1. The third kappa shape index (κ3) is 4.86. The molecular weight excluding hydrogens is 264 g/mol. The summed E-state index contributed by atoms with van der Waals surface area (Å²) in [5, 5.41) is 7.61. The Morgan fingerprint density at radius 3 is 2.57 bits per heavy atom. The van der Waals surface area contributed by atoms with Crippen molar-refractivity contribution in [3.63, 3.8) is 0 Å². The third-order valence-electron chi connectivity index (χ3n) is 3.53. The van der Waals surface area contributed by atoms with Crippen LogP contribution >= 0.6 is 0 Å². The first kappa shape index (κ1) is 15.5. The average Bonchev–Trinajstić information content (AvgIpc) is 2.93. The summed E-state index contributed by atoms with van der Waals surface area (Å²) >= 11 is 0. The van der Waals surface area contributed by atoms with E-state index < -0.39 is 0 Å². The van der Waals surface area contributed by atoms with Crippen molar-refractivity contribution in [1.82, 2.24) is 14.8 Å². The summed E-state index contributed by atoms with van der Waals surface area (Å²) in [5.74, 6) is 0. The van der Waals surface area contributed by atoms with E-state index in [9.17, 15) is 0 Å². The topological polar surface area (TPSA) is 52.0 Å². The zero-order chi connectivity index (χ0) is 15.3. The van der Waals surface area contributed by atoms with Gasteiger partial charge in [-0.25, -0.2) is 9.67 Å². The van der Waals surface area contributed by atoms with Crippen molar-refractivity contribution < 1.29 is 4.74 Å². The number of nitrogens with zero attached hydrogens (tertiary/aromatic N) is 3. The van der Waals surface area contributed by atoms with E-state index in [1.165, 1.54) is 5.56 Å². The van der Waals surface area contributed by atoms with Gasteiger partial charge in [-0.3, -0.25) is 0 Å². The Hall–Kier alpha value is -1.88. The van der Waals surface area contributed by atoms with Crippen molar-refractivity contribution in [1.29, 1.82) is 0 Å². The molecule has 0 spiro atoms. The van der Waals surface area contributed by atoms with Gasteiger partial charge >= 0.3 is 0 Å². The zero-order valence-corrected chi connectivity index (χ0v) is 13.2. The summed E-state index contributed by atoms with van der Waals surface area (Å²) in [6.45, 7) is 7.12. The highest BCUT2D eigenvalue weighted by Gasteiger charge is 2.19. The van der Waals surface area contributed by atoms with E-state index in [0.29, 0.717) is 6.04 Å². The molecule has 1 atom stereocenters. The molecule has 0 aliphatic heterocycles. The quantitative estimate of drug-likeness (QED) is 0.851. The number of aromatic nitrogens is 3. The molecule has 0 aliphatic carbocycles. The second-order valence-electron chi connectivity index (χ2n) is 6.00. The molecule has 2 aromatic rings. The van der Waals surface area contributed by atoms with Crippen molar-refractivity contribution in [2.24, 2.45) is 0 Å². The number of ether oxygens (including phenoxy) is 1. The lowest BCUT2D eigenvalue weighted by Gasteiger charge is -2.27. The first-order chi connectivity index (χ1) is 9.98. The summed E-state index contributed by atoms with van der Waals surface area (Å²) < 4.78 is 7.28. The van der Waals surface area contributed by atoms with Gasteiger partial charge in [0.25, 0.3) is 0 Å². The van der Waals surface area contributed by atoms with Crippen LogP contribution in [0.15, 0.2) is 36.9 Å². The highest BCUT2D eigenvalue weighted by molar-refractivity contribution is 5.45. The molecule has 0 saturated carbocycles. The molecule has 114 valence electrons. The predicted molar refractivity (Wildman–Crippen MR) is 84.4 cm³/mol. The molecule has 0 radical (unpaired) electrons. The van der Waals surface area contributed by atoms with E-state index in [1.807, 2.05) is 4.68 Å². The molecule has 1 aromatic heterocycles. The van der Waals surface area contributed by atoms with Gasteiger partial charge < -0.3 is 10.1 Å². The lowest BCUT2D eigenvalue weighted by molar-refractivity contribution is 0.0128. The summed E-state index contributed by atoms with van der Waals surface area (Å²) in [6, 6.07) is 8.77. The largest absolute Gasteiger partial charge is 0.382 e. The molecule has 0 fully saturated rings. The molecule has 1 aromatic carbocycles. The maximum atomic E-state index is 5.47. The molecule has 5 heteroatoms. The van der Waals surface area contributed by atoms with Crippen molar-refractivity contribution in [3.8, 4) is 0 Å². The fraction of sp³-hybridized carbons (Fsp3) is 0.500. The predicted octanol–water partition coefficient (Wildman–Crippen LogP) is 2.94. The number of hydrogen-bond acceptors (Lipinski definition) is 4. The Labute approximate surface area is 126 Å². The molecule has 2 rings (SSSR count). The lowest BCUT2D eigenvalue weighted by Crippen LogP contribution is -2.31. The second-order valence-corrected chi connectivity index (χ2v) is 6.00. The van der Waals surface area contributed by atoms with E-state index >= 15 is 0 Å². The molecule has 0 bridgehead atoms. The van der Waals surface area contributed by atoms with Crippen LogP contribution in [0.5, 0.6) is 0 Å². The molecule has 0 aliphatic rings. The van der Waals surface area contributed by atoms with Crippen LogP contribution < -0.4 is 5.32 Å². The van der Waals surface area contributed by atoms with Crippen LogP contribution in [0.3, 0.4) is 0 Å². The lowest BCUT2D eigenvalue weighted by atomic mass is 9.99. The van der Waals surface area contributed by atoms with Gasteiger partial charge in [-0.1, -0.05) is 12.1 Å². The fourth-order valence-corrected chi connectivity index (χ4v) is 2.36. The highest BCUT2D eigenvalue weighted by atomic mass is 16.5. The number of rotatable bonds is 7. The number of anilines is 1. The van der Waals surface area contributed by atoms with E-state index in [1.54, 1.807) is 19.8 Å². The maximum absolute atomic E-state index is 5.47. The van der Waals surface area contributed by atoms with E-state index in [4.69, 9.17) is 4.74 Å². The smallest absolute Gasteiger partial charge is 0.137 e. The Morgan fingerprint density at radius 2 is 2.00 bits per heavy atom. The van der Waals surface area contributed by atoms with Gasteiger partial charge in [0.05, 0.1) is 12.1 Å². The summed E-state index contributed by atoms with van der Waals surface area (Å²) in [6.07, 6.45) is 4.22. The molecule has 21 heavy (non-hydrogen) atoms. The minimum absolute atomic E-state index is 0.112. The van der Waals surface area contributed by atoms with Gasteiger partial charge in [-0.2, -0.15) is 5.10 Å². The van der Waals surface area contributed by atoms with Crippen molar-refractivity contribution >= 4 is 5.69 Å². The standard InChI is InChI=1S/C16H24N4O/c1-13(9-16(2,3)21-4)19-15-7-5-14(6-8-15)10-20-12-17-11-18-20/h5-8,11-13,19H,9-10H2,1-4H3. The molecule has 1 unspecified atom stereocenters. The monoisotopic (exact) mass is 288 g/mol.